The summed E-state index contributed by atoms with van der Waals surface area (Å²) >= 11 is 5.88. The summed E-state index contributed by atoms with van der Waals surface area (Å²) in [4.78, 5) is 23.0. The average molecular weight is 423 g/mol. The van der Waals surface area contributed by atoms with Crippen molar-refractivity contribution in [1.29, 1.82) is 0 Å². The second kappa shape index (κ2) is 7.94. The Morgan fingerprint density at radius 1 is 1.38 bits per heavy atom. The van der Waals surface area contributed by atoms with E-state index in [2.05, 4.69) is 15.3 Å². The molecular formula is C21H28ClFN4O2. The Labute approximate surface area is 175 Å². The number of ether oxygens (including phenoxy) is 1. The SMILES string of the molecule is Cc1nc(NC[C@@H]2CC[C@H](C)N2C(=O)OC(C)(C)C)c2cnc(Cl)c(F)c2c1C. The van der Waals surface area contributed by atoms with E-state index in [-0.39, 0.29) is 23.3 Å². The van der Waals surface area contributed by atoms with Crippen molar-refractivity contribution in [1.82, 2.24) is 14.9 Å². The van der Waals surface area contributed by atoms with E-state index in [0.29, 0.717) is 28.8 Å². The lowest BCUT2D eigenvalue weighted by Crippen LogP contribution is -2.45. The van der Waals surface area contributed by atoms with E-state index in [9.17, 15) is 9.18 Å². The quantitative estimate of drug-likeness (QED) is 0.685. The minimum atomic E-state index is -0.550. The molecule has 0 unspecified atom stereocenters. The molecular weight excluding hydrogens is 395 g/mol. The number of halogens is 2. The molecule has 0 aliphatic carbocycles. The van der Waals surface area contributed by atoms with E-state index in [4.69, 9.17) is 16.3 Å². The van der Waals surface area contributed by atoms with Crippen LogP contribution in [0.3, 0.4) is 0 Å². The zero-order valence-corrected chi connectivity index (χ0v) is 18.5. The fraction of sp³-hybridized carbons (Fsp3) is 0.571. The topological polar surface area (TPSA) is 67.4 Å². The molecule has 1 aliphatic rings. The fourth-order valence-electron chi connectivity index (χ4n) is 3.77. The highest BCUT2D eigenvalue weighted by Crippen LogP contribution is 2.32. The highest BCUT2D eigenvalue weighted by Gasteiger charge is 2.37. The van der Waals surface area contributed by atoms with Crippen molar-refractivity contribution in [2.45, 2.75) is 72.1 Å². The third-order valence-corrected chi connectivity index (χ3v) is 5.59. The zero-order valence-electron chi connectivity index (χ0n) is 17.8. The van der Waals surface area contributed by atoms with Gasteiger partial charge in [0.25, 0.3) is 0 Å². The van der Waals surface area contributed by atoms with Crippen LogP contribution in [0.25, 0.3) is 10.8 Å². The molecule has 2 aromatic rings. The van der Waals surface area contributed by atoms with Gasteiger partial charge in [-0.2, -0.15) is 0 Å². The van der Waals surface area contributed by atoms with Crippen molar-refractivity contribution in [3.05, 3.63) is 28.4 Å². The fourth-order valence-corrected chi connectivity index (χ4v) is 3.91. The second-order valence-electron chi connectivity index (χ2n) is 8.67. The summed E-state index contributed by atoms with van der Waals surface area (Å²) < 4.78 is 20.2. The van der Waals surface area contributed by atoms with Crippen LogP contribution < -0.4 is 5.32 Å². The van der Waals surface area contributed by atoms with Crippen LogP contribution >= 0.6 is 11.6 Å². The van der Waals surface area contributed by atoms with Crippen LogP contribution in [0.15, 0.2) is 6.20 Å². The minimum Gasteiger partial charge on any atom is -0.444 e. The Morgan fingerprint density at radius 3 is 2.72 bits per heavy atom. The van der Waals surface area contributed by atoms with Crippen LogP contribution in [-0.2, 0) is 4.74 Å². The van der Waals surface area contributed by atoms with Crippen LogP contribution in [0.4, 0.5) is 15.0 Å². The van der Waals surface area contributed by atoms with Gasteiger partial charge in [0.1, 0.15) is 11.4 Å². The molecule has 1 saturated heterocycles. The molecule has 3 rings (SSSR count). The van der Waals surface area contributed by atoms with Crippen LogP contribution in [0.5, 0.6) is 0 Å². The third kappa shape index (κ3) is 4.39. The maximum absolute atomic E-state index is 14.6. The summed E-state index contributed by atoms with van der Waals surface area (Å²) in [7, 11) is 0. The lowest BCUT2D eigenvalue weighted by atomic mass is 10.1. The lowest BCUT2D eigenvalue weighted by Gasteiger charge is -2.31. The van der Waals surface area contributed by atoms with Crippen LogP contribution in [-0.4, -0.2) is 45.2 Å². The van der Waals surface area contributed by atoms with Crippen molar-refractivity contribution in [2.75, 3.05) is 11.9 Å². The third-order valence-electron chi connectivity index (χ3n) is 5.32. The predicted octanol–water partition coefficient (Wildman–Crippen LogP) is 5.24. The Hall–Kier alpha value is -2.15. The highest BCUT2D eigenvalue weighted by molar-refractivity contribution is 6.30. The Bertz CT molecular complexity index is 936. The number of hydrogen-bond acceptors (Lipinski definition) is 5. The average Bonchev–Trinajstić information content (AvgIpc) is 2.98. The van der Waals surface area contributed by atoms with E-state index in [0.717, 1.165) is 18.4 Å². The number of fused-ring (bicyclic) bond motifs is 1. The van der Waals surface area contributed by atoms with Gasteiger partial charge in [0.15, 0.2) is 11.0 Å². The molecule has 1 fully saturated rings. The summed E-state index contributed by atoms with van der Waals surface area (Å²) in [5.74, 6) is -0.00468. The van der Waals surface area contributed by atoms with Crippen LogP contribution in [0.2, 0.25) is 5.15 Å². The first-order valence-corrected chi connectivity index (χ1v) is 10.2. The van der Waals surface area contributed by atoms with E-state index in [1.807, 2.05) is 41.5 Å². The summed E-state index contributed by atoms with van der Waals surface area (Å²) in [6.45, 7) is 11.7. The number of carbonyl (C=O) groups excluding carboxylic acids is 1. The number of carbonyl (C=O) groups is 1. The number of nitrogens with one attached hydrogen (secondary N) is 1. The van der Waals surface area contributed by atoms with Gasteiger partial charge in [0, 0.05) is 35.2 Å². The normalized spacial score (nSPS) is 19.7. The van der Waals surface area contributed by atoms with Gasteiger partial charge in [-0.05, 0) is 59.9 Å². The first-order chi connectivity index (χ1) is 13.5. The molecule has 8 heteroatoms. The maximum atomic E-state index is 14.6. The molecule has 6 nitrogen and oxygen atoms in total. The number of nitrogens with zero attached hydrogens (tertiary/aromatic N) is 3. The van der Waals surface area contributed by atoms with Crippen molar-refractivity contribution < 1.29 is 13.9 Å². The number of aromatic nitrogens is 2. The molecule has 2 aromatic heterocycles. The molecule has 1 aliphatic heterocycles. The number of amides is 1. The first-order valence-electron chi connectivity index (χ1n) is 9.85. The van der Waals surface area contributed by atoms with Crippen molar-refractivity contribution in [2.24, 2.45) is 0 Å². The summed E-state index contributed by atoms with van der Waals surface area (Å²) in [5.41, 5.74) is 0.897. The van der Waals surface area contributed by atoms with Gasteiger partial charge in [-0.3, -0.25) is 0 Å². The Morgan fingerprint density at radius 2 is 2.07 bits per heavy atom. The Kier molecular flexibility index (Phi) is 5.90. The molecule has 0 spiro atoms. The van der Waals surface area contributed by atoms with Gasteiger partial charge in [-0.1, -0.05) is 11.6 Å². The molecule has 158 valence electrons. The largest absolute Gasteiger partial charge is 0.444 e. The number of aryl methyl sites for hydroxylation is 2. The van der Waals surface area contributed by atoms with E-state index >= 15 is 0 Å². The van der Waals surface area contributed by atoms with Gasteiger partial charge in [0.05, 0.1) is 6.04 Å². The van der Waals surface area contributed by atoms with Gasteiger partial charge < -0.3 is 15.0 Å². The zero-order chi connectivity index (χ0) is 21.5. The molecule has 2 atom stereocenters. The van der Waals surface area contributed by atoms with Gasteiger partial charge >= 0.3 is 6.09 Å². The molecule has 0 radical (unpaired) electrons. The van der Waals surface area contributed by atoms with Crippen molar-refractivity contribution in [3.63, 3.8) is 0 Å². The Balaban J connectivity index is 1.86. The monoisotopic (exact) mass is 422 g/mol. The molecule has 1 N–H and O–H groups in total. The number of hydrogen-bond donors (Lipinski definition) is 1. The van der Waals surface area contributed by atoms with E-state index in [1.54, 1.807) is 4.90 Å². The smallest absolute Gasteiger partial charge is 0.410 e. The molecule has 1 amide bonds. The van der Waals surface area contributed by atoms with E-state index < -0.39 is 11.4 Å². The van der Waals surface area contributed by atoms with Gasteiger partial charge in [-0.25, -0.2) is 19.2 Å². The number of anilines is 1. The van der Waals surface area contributed by atoms with E-state index in [1.165, 1.54) is 6.20 Å². The second-order valence-corrected chi connectivity index (χ2v) is 9.03. The molecule has 0 saturated carbocycles. The highest BCUT2D eigenvalue weighted by atomic mass is 35.5. The van der Waals surface area contributed by atoms with Crippen molar-refractivity contribution >= 4 is 34.3 Å². The summed E-state index contributed by atoms with van der Waals surface area (Å²) in [6, 6.07) is 0.0578. The number of pyridine rings is 2. The van der Waals surface area contributed by atoms with Crippen molar-refractivity contribution in [3.8, 4) is 0 Å². The molecule has 0 bridgehead atoms. The molecule has 0 aromatic carbocycles. The predicted molar refractivity (Wildman–Crippen MR) is 113 cm³/mol. The lowest BCUT2D eigenvalue weighted by molar-refractivity contribution is 0.0170. The first kappa shape index (κ1) is 21.6. The molecule has 29 heavy (non-hydrogen) atoms. The number of rotatable bonds is 3. The van der Waals surface area contributed by atoms with Crippen LogP contribution in [0.1, 0.15) is 51.8 Å². The maximum Gasteiger partial charge on any atom is 0.410 e. The summed E-state index contributed by atoms with van der Waals surface area (Å²) in [5, 5.41) is 4.14. The minimum absolute atomic E-state index is 0.0385. The van der Waals surface area contributed by atoms with Crippen LogP contribution in [0, 0.1) is 19.7 Å². The van der Waals surface area contributed by atoms with Gasteiger partial charge in [-0.15, -0.1) is 0 Å². The number of likely N-dealkylation sites (tertiary alicyclic amines) is 1. The summed E-state index contributed by atoms with van der Waals surface area (Å²) in [6.07, 6.45) is 2.98. The standard InChI is InChI=1S/C21H28ClFN4O2/c1-11-7-8-14(27(11)20(28)29-21(4,5)6)9-25-19-15-10-24-18(22)17(23)16(15)12(2)13(3)26-19/h10-11,14H,7-9H2,1-6H3,(H,25,26)/t11-,14-/m0/s1. The van der Waals surface area contributed by atoms with Gasteiger partial charge in [0.2, 0.25) is 0 Å². The molecule has 3 heterocycles.